The average molecular weight is 362 g/mol. The third-order valence-corrected chi connectivity index (χ3v) is 4.36. The van der Waals surface area contributed by atoms with E-state index in [1.807, 2.05) is 31.2 Å². The molecule has 2 amide bonds. The van der Waals surface area contributed by atoms with Crippen molar-refractivity contribution in [1.29, 1.82) is 0 Å². The van der Waals surface area contributed by atoms with Gasteiger partial charge in [-0.1, -0.05) is 30.8 Å². The Bertz CT molecular complexity index is 701. The second-order valence-corrected chi connectivity index (χ2v) is 6.52. The highest BCUT2D eigenvalue weighted by molar-refractivity contribution is 7.99. The van der Waals surface area contributed by atoms with Crippen LogP contribution in [0.25, 0.3) is 0 Å². The van der Waals surface area contributed by atoms with Crippen LogP contribution in [0.3, 0.4) is 0 Å². The molecule has 0 radical (unpaired) electrons. The normalized spacial score (nSPS) is 10.5. The predicted molar refractivity (Wildman–Crippen MR) is 96.0 cm³/mol. The van der Waals surface area contributed by atoms with Crippen LogP contribution in [0.15, 0.2) is 29.4 Å². The summed E-state index contributed by atoms with van der Waals surface area (Å²) in [6.45, 7) is 2.42. The molecule has 2 N–H and O–H groups in total. The van der Waals surface area contributed by atoms with Gasteiger partial charge in [-0.15, -0.1) is 5.10 Å². The molecule has 134 valence electrons. The summed E-state index contributed by atoms with van der Waals surface area (Å²) in [5, 5.41) is 17.5. The van der Waals surface area contributed by atoms with E-state index in [9.17, 15) is 9.59 Å². The average Bonchev–Trinajstić information content (AvgIpc) is 2.99. The first-order valence-corrected chi connectivity index (χ1v) is 9.07. The second kappa shape index (κ2) is 9.77. The van der Waals surface area contributed by atoms with Crippen molar-refractivity contribution in [3.8, 4) is 0 Å². The number of hydrogen-bond acceptors (Lipinski definition) is 6. The van der Waals surface area contributed by atoms with Crippen LogP contribution in [0.1, 0.15) is 31.7 Å². The first-order valence-electron chi connectivity index (χ1n) is 8.09. The maximum Gasteiger partial charge on any atom is 0.224 e. The van der Waals surface area contributed by atoms with Crippen molar-refractivity contribution in [3.63, 3.8) is 0 Å². The van der Waals surface area contributed by atoms with E-state index in [4.69, 9.17) is 0 Å². The summed E-state index contributed by atoms with van der Waals surface area (Å²) in [4.78, 5) is 23.4. The van der Waals surface area contributed by atoms with Gasteiger partial charge < -0.3 is 10.6 Å². The van der Waals surface area contributed by atoms with E-state index in [0.29, 0.717) is 30.3 Å². The first-order chi connectivity index (χ1) is 12.1. The molecule has 9 heteroatoms. The number of aromatic nitrogens is 4. The largest absolute Gasteiger partial charge is 0.352 e. The zero-order chi connectivity index (χ0) is 18.1. The van der Waals surface area contributed by atoms with Crippen LogP contribution >= 0.6 is 11.8 Å². The molecule has 1 aromatic carbocycles. The van der Waals surface area contributed by atoms with Crippen molar-refractivity contribution < 1.29 is 9.59 Å². The van der Waals surface area contributed by atoms with E-state index >= 15 is 0 Å². The molecule has 1 aromatic heterocycles. The fourth-order valence-corrected chi connectivity index (χ4v) is 2.81. The van der Waals surface area contributed by atoms with E-state index in [1.165, 1.54) is 11.8 Å². The molecular formula is C16H22N6O2S. The molecule has 1 heterocycles. The van der Waals surface area contributed by atoms with Gasteiger partial charge >= 0.3 is 0 Å². The molecule has 0 aliphatic carbocycles. The Kier molecular flexibility index (Phi) is 7.39. The van der Waals surface area contributed by atoms with Crippen LogP contribution < -0.4 is 10.6 Å². The number of nitrogens with zero attached hydrogens (tertiary/aromatic N) is 4. The van der Waals surface area contributed by atoms with Gasteiger partial charge in [0.2, 0.25) is 17.0 Å². The Hall–Kier alpha value is -2.42. The number of nitrogens with one attached hydrogen (secondary N) is 2. The summed E-state index contributed by atoms with van der Waals surface area (Å²) in [6.07, 6.45) is 1.73. The van der Waals surface area contributed by atoms with E-state index < -0.39 is 0 Å². The first kappa shape index (κ1) is 18.9. The molecule has 0 spiro atoms. The lowest BCUT2D eigenvalue weighted by Crippen LogP contribution is -2.23. The van der Waals surface area contributed by atoms with E-state index in [2.05, 4.69) is 26.2 Å². The lowest BCUT2D eigenvalue weighted by Gasteiger charge is -2.07. The van der Waals surface area contributed by atoms with Crippen LogP contribution in [-0.2, 0) is 23.2 Å². The van der Waals surface area contributed by atoms with Crippen molar-refractivity contribution >= 4 is 29.3 Å². The molecule has 0 atom stereocenters. The monoisotopic (exact) mass is 362 g/mol. The minimum Gasteiger partial charge on any atom is -0.352 e. The number of thioether (sulfide) groups is 1. The number of anilines is 1. The van der Waals surface area contributed by atoms with Crippen LogP contribution in [0.5, 0.6) is 0 Å². The van der Waals surface area contributed by atoms with Crippen LogP contribution in [0, 0.1) is 0 Å². The molecule has 2 rings (SSSR count). The third-order valence-electron chi connectivity index (χ3n) is 3.35. The highest BCUT2D eigenvalue weighted by Crippen LogP contribution is 2.13. The number of rotatable bonds is 9. The van der Waals surface area contributed by atoms with Gasteiger partial charge in [0.1, 0.15) is 0 Å². The molecular weight excluding hydrogens is 340 g/mol. The maximum atomic E-state index is 11.9. The lowest BCUT2D eigenvalue weighted by atomic mass is 10.2. The van der Waals surface area contributed by atoms with Crippen LogP contribution in [0.2, 0.25) is 0 Å². The van der Waals surface area contributed by atoms with Crippen LogP contribution in [0.4, 0.5) is 5.69 Å². The lowest BCUT2D eigenvalue weighted by molar-refractivity contribution is -0.120. The van der Waals surface area contributed by atoms with Gasteiger partial charge in [-0.25, -0.2) is 4.68 Å². The zero-order valence-corrected chi connectivity index (χ0v) is 15.2. The molecule has 0 saturated heterocycles. The van der Waals surface area contributed by atoms with Gasteiger partial charge in [-0.05, 0) is 34.5 Å². The molecule has 0 aliphatic heterocycles. The van der Waals surface area contributed by atoms with Gasteiger partial charge in [0.25, 0.3) is 0 Å². The molecule has 8 nitrogen and oxygen atoms in total. The summed E-state index contributed by atoms with van der Waals surface area (Å²) in [5.74, 6) is 0.602. The van der Waals surface area contributed by atoms with Crippen molar-refractivity contribution in [2.45, 2.75) is 37.9 Å². The van der Waals surface area contributed by atoms with Crippen molar-refractivity contribution in [2.24, 2.45) is 7.05 Å². The number of tetrazole rings is 1. The number of carbonyl (C=O) groups is 2. The second-order valence-electron chi connectivity index (χ2n) is 5.46. The van der Waals surface area contributed by atoms with Crippen LogP contribution in [-0.4, -0.2) is 37.8 Å². The van der Waals surface area contributed by atoms with Gasteiger partial charge in [0.05, 0.1) is 0 Å². The molecule has 2 aromatic rings. The highest BCUT2D eigenvalue weighted by Gasteiger charge is 2.06. The Labute approximate surface area is 150 Å². The molecule has 0 fully saturated rings. The van der Waals surface area contributed by atoms with Gasteiger partial charge in [-0.3, -0.25) is 9.59 Å². The standard InChI is InChI=1S/C16H22N6O2S/c1-3-4-15(24)18-13-7-5-12(6-8-13)11-17-14(23)9-10-25-16-19-20-21-22(16)2/h5-8H,3-4,9-11H2,1-2H3,(H,17,23)(H,18,24). The van der Waals surface area contributed by atoms with Gasteiger partial charge in [0, 0.05) is 37.9 Å². The molecule has 0 aliphatic rings. The Morgan fingerprint density at radius 2 is 1.92 bits per heavy atom. The Morgan fingerprint density at radius 3 is 2.56 bits per heavy atom. The number of hydrogen-bond donors (Lipinski definition) is 2. The summed E-state index contributed by atoms with van der Waals surface area (Å²) in [6, 6.07) is 7.46. The van der Waals surface area contributed by atoms with E-state index in [1.54, 1.807) is 11.7 Å². The zero-order valence-electron chi connectivity index (χ0n) is 14.4. The minimum atomic E-state index is -0.0250. The van der Waals surface area contributed by atoms with Crippen molar-refractivity contribution in [2.75, 3.05) is 11.1 Å². The van der Waals surface area contributed by atoms with Crippen molar-refractivity contribution in [1.82, 2.24) is 25.5 Å². The predicted octanol–water partition coefficient (Wildman–Crippen LogP) is 1.75. The molecule has 0 unspecified atom stereocenters. The number of aryl methyl sites for hydroxylation is 1. The highest BCUT2D eigenvalue weighted by atomic mass is 32.2. The van der Waals surface area contributed by atoms with E-state index in [-0.39, 0.29) is 11.8 Å². The fraction of sp³-hybridized carbons (Fsp3) is 0.438. The maximum absolute atomic E-state index is 11.9. The summed E-state index contributed by atoms with van der Waals surface area (Å²) in [7, 11) is 1.76. The summed E-state index contributed by atoms with van der Waals surface area (Å²) < 4.78 is 1.57. The smallest absolute Gasteiger partial charge is 0.224 e. The SMILES string of the molecule is CCCC(=O)Nc1ccc(CNC(=O)CCSc2nnnn2C)cc1. The number of carbonyl (C=O) groups excluding carboxylic acids is 2. The molecule has 0 bridgehead atoms. The molecule has 0 saturated carbocycles. The molecule has 25 heavy (non-hydrogen) atoms. The number of benzene rings is 1. The van der Waals surface area contributed by atoms with Crippen molar-refractivity contribution in [3.05, 3.63) is 29.8 Å². The summed E-state index contributed by atoms with van der Waals surface area (Å²) in [5.41, 5.74) is 1.74. The van der Waals surface area contributed by atoms with E-state index in [0.717, 1.165) is 17.7 Å². The minimum absolute atomic E-state index is 0.0131. The Balaban J connectivity index is 1.68. The van der Waals surface area contributed by atoms with Gasteiger partial charge in [0.15, 0.2) is 0 Å². The number of amides is 2. The van der Waals surface area contributed by atoms with Gasteiger partial charge in [-0.2, -0.15) is 0 Å². The third kappa shape index (κ3) is 6.54. The summed E-state index contributed by atoms with van der Waals surface area (Å²) >= 11 is 1.44. The quantitative estimate of drug-likeness (QED) is 0.659. The topological polar surface area (TPSA) is 102 Å². The Morgan fingerprint density at radius 1 is 1.16 bits per heavy atom. The fourth-order valence-electron chi connectivity index (χ4n) is 2.02.